The number of hydrogen-bond donors (Lipinski definition) is 1. The molecule has 0 saturated heterocycles. The summed E-state index contributed by atoms with van der Waals surface area (Å²) in [5.41, 5.74) is 3.50. The van der Waals surface area contributed by atoms with Crippen molar-refractivity contribution in [2.24, 2.45) is 5.10 Å². The molecular formula is C23H20BrN3O7S. The van der Waals surface area contributed by atoms with E-state index in [4.69, 9.17) is 8.92 Å². The Balaban J connectivity index is 1.81. The Labute approximate surface area is 210 Å². The van der Waals surface area contributed by atoms with Gasteiger partial charge in [-0.2, -0.15) is 13.5 Å². The van der Waals surface area contributed by atoms with Crippen LogP contribution in [0.4, 0.5) is 5.69 Å². The van der Waals surface area contributed by atoms with Crippen molar-refractivity contribution in [2.45, 2.75) is 18.7 Å². The van der Waals surface area contributed by atoms with Crippen LogP contribution in [0.15, 0.2) is 75.1 Å². The van der Waals surface area contributed by atoms with Crippen molar-refractivity contribution in [3.8, 4) is 11.5 Å². The number of nitro benzene ring substituents is 1. The molecule has 35 heavy (non-hydrogen) atoms. The fourth-order valence-electron chi connectivity index (χ4n) is 2.86. The highest BCUT2D eigenvalue weighted by molar-refractivity contribution is 9.10. The van der Waals surface area contributed by atoms with Crippen LogP contribution in [0.5, 0.6) is 11.5 Å². The van der Waals surface area contributed by atoms with E-state index in [2.05, 4.69) is 26.5 Å². The van der Waals surface area contributed by atoms with Crippen LogP contribution in [0.3, 0.4) is 0 Å². The van der Waals surface area contributed by atoms with Gasteiger partial charge in [0.2, 0.25) is 0 Å². The van der Waals surface area contributed by atoms with E-state index in [1.807, 2.05) is 6.92 Å². The molecule has 0 aliphatic rings. The summed E-state index contributed by atoms with van der Waals surface area (Å²) in [6.07, 6.45) is 1.31. The average molecular weight is 562 g/mol. The second-order valence-electron chi connectivity index (χ2n) is 7.12. The van der Waals surface area contributed by atoms with Gasteiger partial charge < -0.3 is 8.92 Å². The molecule has 0 spiro atoms. The minimum Gasteiger partial charge on any atom is -0.490 e. The van der Waals surface area contributed by atoms with Gasteiger partial charge in [-0.25, -0.2) is 5.43 Å². The Bertz CT molecular complexity index is 1390. The Kier molecular flexibility index (Phi) is 8.20. The van der Waals surface area contributed by atoms with Crippen LogP contribution in [0.1, 0.15) is 28.4 Å². The third-order valence-corrected chi connectivity index (χ3v) is 6.36. The summed E-state index contributed by atoms with van der Waals surface area (Å²) >= 11 is 3.30. The number of aryl methyl sites for hydroxylation is 1. The second kappa shape index (κ2) is 11.1. The maximum atomic E-state index is 12.7. The number of amides is 1. The molecule has 1 N–H and O–H groups in total. The summed E-state index contributed by atoms with van der Waals surface area (Å²) in [4.78, 5) is 22.5. The highest BCUT2D eigenvalue weighted by Gasteiger charge is 2.22. The van der Waals surface area contributed by atoms with E-state index < -0.39 is 20.9 Å². The molecule has 3 rings (SSSR count). The highest BCUT2D eigenvalue weighted by Crippen LogP contribution is 2.38. The van der Waals surface area contributed by atoms with Gasteiger partial charge in [-0.3, -0.25) is 14.9 Å². The molecule has 0 heterocycles. The Morgan fingerprint density at radius 2 is 1.89 bits per heavy atom. The fourth-order valence-corrected chi connectivity index (χ4v) is 4.46. The van der Waals surface area contributed by atoms with Gasteiger partial charge in [-0.05, 0) is 65.7 Å². The minimum absolute atomic E-state index is 0.00745. The molecule has 0 aliphatic heterocycles. The minimum atomic E-state index is -4.12. The van der Waals surface area contributed by atoms with Gasteiger partial charge in [-0.1, -0.05) is 23.8 Å². The van der Waals surface area contributed by atoms with Crippen molar-refractivity contribution in [3.63, 3.8) is 0 Å². The van der Waals surface area contributed by atoms with Crippen LogP contribution in [0.25, 0.3) is 0 Å². The summed E-state index contributed by atoms with van der Waals surface area (Å²) in [7, 11) is -4.12. The van der Waals surface area contributed by atoms with Gasteiger partial charge in [0.05, 0.1) is 22.2 Å². The molecule has 0 saturated carbocycles. The van der Waals surface area contributed by atoms with Crippen LogP contribution in [-0.2, 0) is 10.1 Å². The number of non-ortho nitro benzene ring substituents is 1. The molecule has 0 atom stereocenters. The van der Waals surface area contributed by atoms with Crippen molar-refractivity contribution in [1.82, 2.24) is 5.43 Å². The van der Waals surface area contributed by atoms with Gasteiger partial charge in [0.15, 0.2) is 11.5 Å². The van der Waals surface area contributed by atoms with E-state index in [1.54, 1.807) is 19.1 Å². The number of benzene rings is 3. The van der Waals surface area contributed by atoms with Crippen molar-refractivity contribution in [2.75, 3.05) is 6.61 Å². The molecular weight excluding hydrogens is 542 g/mol. The number of ether oxygens (including phenoxy) is 1. The molecule has 0 radical (unpaired) electrons. The van der Waals surface area contributed by atoms with Gasteiger partial charge in [0.25, 0.3) is 11.6 Å². The molecule has 3 aromatic carbocycles. The number of rotatable bonds is 9. The quantitative estimate of drug-likeness (QED) is 0.174. The maximum Gasteiger partial charge on any atom is 0.339 e. The van der Waals surface area contributed by atoms with Crippen LogP contribution in [0.2, 0.25) is 0 Å². The zero-order chi connectivity index (χ0) is 25.6. The normalized spacial score (nSPS) is 11.3. The topological polar surface area (TPSA) is 137 Å². The molecule has 0 aliphatic carbocycles. The molecule has 12 heteroatoms. The molecule has 0 unspecified atom stereocenters. The number of nitrogens with zero attached hydrogens (tertiary/aromatic N) is 2. The first-order valence-corrected chi connectivity index (χ1v) is 12.4. The number of carbonyl (C=O) groups excluding carboxylic acids is 1. The van der Waals surface area contributed by atoms with Crippen molar-refractivity contribution >= 4 is 43.9 Å². The first-order valence-electron chi connectivity index (χ1n) is 10.2. The lowest BCUT2D eigenvalue weighted by molar-refractivity contribution is -0.384. The predicted molar refractivity (Wildman–Crippen MR) is 132 cm³/mol. The number of hydrazone groups is 1. The van der Waals surface area contributed by atoms with Gasteiger partial charge in [-0.15, -0.1) is 0 Å². The number of halogens is 1. The summed E-state index contributed by atoms with van der Waals surface area (Å²) < 4.78 is 36.7. The number of hydrogen-bond acceptors (Lipinski definition) is 8. The van der Waals surface area contributed by atoms with Crippen molar-refractivity contribution in [3.05, 3.63) is 91.9 Å². The van der Waals surface area contributed by atoms with Crippen molar-refractivity contribution in [1.29, 1.82) is 0 Å². The smallest absolute Gasteiger partial charge is 0.339 e. The predicted octanol–water partition coefficient (Wildman–Crippen LogP) is 4.60. The molecule has 10 nitrogen and oxygen atoms in total. The van der Waals surface area contributed by atoms with Crippen LogP contribution < -0.4 is 14.3 Å². The Morgan fingerprint density at radius 1 is 1.17 bits per heavy atom. The number of nitrogens with one attached hydrogen (secondary N) is 1. The zero-order valence-corrected chi connectivity index (χ0v) is 21.0. The van der Waals surface area contributed by atoms with Gasteiger partial charge >= 0.3 is 10.1 Å². The zero-order valence-electron chi connectivity index (χ0n) is 18.6. The lowest BCUT2D eigenvalue weighted by atomic mass is 10.2. The largest absolute Gasteiger partial charge is 0.490 e. The van der Waals surface area contributed by atoms with Gasteiger partial charge in [0, 0.05) is 17.7 Å². The first kappa shape index (κ1) is 25.8. The third-order valence-electron chi connectivity index (χ3n) is 4.53. The van der Waals surface area contributed by atoms with Crippen LogP contribution in [-0.4, -0.2) is 32.1 Å². The molecule has 0 bridgehead atoms. The molecule has 0 fully saturated rings. The van der Waals surface area contributed by atoms with E-state index in [-0.39, 0.29) is 38.7 Å². The molecule has 0 aromatic heterocycles. The Morgan fingerprint density at radius 3 is 2.54 bits per heavy atom. The second-order valence-corrected chi connectivity index (χ2v) is 9.52. The van der Waals surface area contributed by atoms with E-state index >= 15 is 0 Å². The lowest BCUT2D eigenvalue weighted by Crippen LogP contribution is -2.17. The average Bonchev–Trinajstić information content (AvgIpc) is 2.81. The van der Waals surface area contributed by atoms with Crippen LogP contribution in [0, 0.1) is 17.0 Å². The number of carbonyl (C=O) groups is 1. The summed E-state index contributed by atoms with van der Waals surface area (Å²) in [6.45, 7) is 3.80. The van der Waals surface area contributed by atoms with Crippen molar-refractivity contribution < 1.29 is 27.1 Å². The fraction of sp³-hybridized carbons (Fsp3) is 0.130. The standard InChI is InChI=1S/C23H20BrN3O7S/c1-3-33-21-12-16(14-25-26-23(28)17-5-4-6-18(13-17)27(29)30)11-20(24)22(21)34-35(31,32)19-9-7-15(2)8-10-19/h4-14H,3H2,1-2H3,(H,26,28). The molecule has 3 aromatic rings. The Hall–Kier alpha value is -3.77. The monoisotopic (exact) mass is 561 g/mol. The summed E-state index contributed by atoms with van der Waals surface area (Å²) in [6, 6.07) is 14.5. The summed E-state index contributed by atoms with van der Waals surface area (Å²) in [5, 5.41) is 14.7. The lowest BCUT2D eigenvalue weighted by Gasteiger charge is -2.14. The summed E-state index contributed by atoms with van der Waals surface area (Å²) in [5.74, 6) is -0.535. The molecule has 1 amide bonds. The number of nitro groups is 1. The first-order chi connectivity index (χ1) is 16.6. The highest BCUT2D eigenvalue weighted by atomic mass is 79.9. The van der Waals surface area contributed by atoms with Crippen LogP contribution >= 0.6 is 15.9 Å². The van der Waals surface area contributed by atoms with E-state index in [0.717, 1.165) is 11.6 Å². The van der Waals surface area contributed by atoms with E-state index in [9.17, 15) is 23.3 Å². The van der Waals surface area contributed by atoms with E-state index in [1.165, 1.54) is 48.7 Å². The third kappa shape index (κ3) is 6.64. The molecule has 182 valence electrons. The SMILES string of the molecule is CCOc1cc(C=NNC(=O)c2cccc([N+](=O)[O-])c2)cc(Br)c1OS(=O)(=O)c1ccc(C)cc1. The van der Waals surface area contributed by atoms with E-state index in [0.29, 0.717) is 5.56 Å². The van der Waals surface area contributed by atoms with Gasteiger partial charge in [0.1, 0.15) is 4.90 Å². The maximum absolute atomic E-state index is 12.7.